The Kier molecular flexibility index (Phi) is 3.87. The molecule has 4 heterocycles. The van der Waals surface area contributed by atoms with Gasteiger partial charge in [0.25, 0.3) is 0 Å². The van der Waals surface area contributed by atoms with Crippen LogP contribution in [0, 0.1) is 11.8 Å². The third kappa shape index (κ3) is 2.66. The highest BCUT2D eigenvalue weighted by molar-refractivity contribution is 7.17. The van der Waals surface area contributed by atoms with E-state index in [9.17, 15) is 5.11 Å². The number of piperidine rings is 1. The van der Waals surface area contributed by atoms with Crippen molar-refractivity contribution < 1.29 is 5.11 Å². The Bertz CT molecular complexity index is 784. The Morgan fingerprint density at radius 2 is 2.09 bits per heavy atom. The number of aromatic nitrogens is 3. The van der Waals surface area contributed by atoms with Crippen molar-refractivity contribution in [3.8, 4) is 5.88 Å². The van der Waals surface area contributed by atoms with Crippen LogP contribution in [0.15, 0.2) is 23.8 Å². The first-order valence-corrected chi connectivity index (χ1v) is 9.62. The van der Waals surface area contributed by atoms with E-state index in [2.05, 4.69) is 46.3 Å². The van der Waals surface area contributed by atoms with Crippen LogP contribution in [-0.4, -0.2) is 37.7 Å². The molecule has 0 aliphatic carbocycles. The summed E-state index contributed by atoms with van der Waals surface area (Å²) >= 11 is 3.28. The van der Waals surface area contributed by atoms with E-state index >= 15 is 0 Å². The lowest BCUT2D eigenvalue weighted by Gasteiger charge is -2.39. The van der Waals surface area contributed by atoms with Crippen LogP contribution in [-0.2, 0) is 0 Å². The highest BCUT2D eigenvalue weighted by Gasteiger charge is 2.33. The van der Waals surface area contributed by atoms with Crippen molar-refractivity contribution >= 4 is 27.6 Å². The topological polar surface area (TPSA) is 53.7 Å². The predicted molar refractivity (Wildman–Crippen MR) is 93.2 cm³/mol. The molecular formula is C16H20N4OS2. The van der Waals surface area contributed by atoms with Crippen molar-refractivity contribution in [2.45, 2.75) is 26.3 Å². The SMILES string of the molecule is C[C@H]1C[C@H](C)CN([C@@H](c2cccs2)c2sc3ncnn3c2O)C1. The number of hydrogen-bond acceptors (Lipinski definition) is 6. The minimum absolute atomic E-state index is 0.0914. The normalized spacial score (nSPS) is 24.3. The van der Waals surface area contributed by atoms with E-state index < -0.39 is 0 Å². The molecule has 5 nitrogen and oxygen atoms in total. The van der Waals surface area contributed by atoms with E-state index in [1.165, 1.54) is 33.5 Å². The summed E-state index contributed by atoms with van der Waals surface area (Å²) in [6.07, 6.45) is 2.76. The van der Waals surface area contributed by atoms with Gasteiger partial charge in [0.1, 0.15) is 6.33 Å². The number of thiophene rings is 1. The van der Waals surface area contributed by atoms with Crippen molar-refractivity contribution in [2.24, 2.45) is 11.8 Å². The molecule has 0 unspecified atom stereocenters. The number of thiazole rings is 1. The fourth-order valence-corrected chi connectivity index (χ4v) is 5.74. The third-order valence-corrected chi connectivity index (χ3v) is 6.47. The van der Waals surface area contributed by atoms with E-state index in [0.29, 0.717) is 11.8 Å². The van der Waals surface area contributed by atoms with Gasteiger partial charge in [0, 0.05) is 18.0 Å². The number of aromatic hydroxyl groups is 1. The van der Waals surface area contributed by atoms with Gasteiger partial charge < -0.3 is 5.11 Å². The summed E-state index contributed by atoms with van der Waals surface area (Å²) in [5.41, 5.74) is 0. The van der Waals surface area contributed by atoms with E-state index in [-0.39, 0.29) is 11.9 Å². The fraction of sp³-hybridized carbons (Fsp3) is 0.500. The van der Waals surface area contributed by atoms with Gasteiger partial charge in [-0.15, -0.1) is 11.3 Å². The summed E-state index contributed by atoms with van der Waals surface area (Å²) in [6, 6.07) is 4.33. The quantitative estimate of drug-likeness (QED) is 0.785. The van der Waals surface area contributed by atoms with Gasteiger partial charge in [0.15, 0.2) is 0 Å². The molecule has 122 valence electrons. The molecule has 0 aromatic carbocycles. The van der Waals surface area contributed by atoms with Crippen molar-refractivity contribution in [2.75, 3.05) is 13.1 Å². The molecule has 3 aromatic heterocycles. The number of rotatable bonds is 3. The molecule has 1 saturated heterocycles. The average Bonchev–Trinajstić information content (AvgIpc) is 3.20. The molecule has 0 spiro atoms. The zero-order chi connectivity index (χ0) is 16.0. The Hall–Kier alpha value is -1.44. The van der Waals surface area contributed by atoms with E-state index in [0.717, 1.165) is 22.9 Å². The molecule has 3 atom stereocenters. The Morgan fingerprint density at radius 1 is 1.30 bits per heavy atom. The predicted octanol–water partition coefficient (Wildman–Crippen LogP) is 3.63. The highest BCUT2D eigenvalue weighted by Crippen LogP contribution is 2.42. The monoisotopic (exact) mass is 348 g/mol. The van der Waals surface area contributed by atoms with Gasteiger partial charge in [0.05, 0.1) is 10.9 Å². The van der Waals surface area contributed by atoms with Crippen LogP contribution in [0.3, 0.4) is 0 Å². The molecule has 0 saturated carbocycles. The first-order chi connectivity index (χ1) is 11.1. The summed E-state index contributed by atoms with van der Waals surface area (Å²) < 4.78 is 1.54. The summed E-state index contributed by atoms with van der Waals surface area (Å²) in [5, 5.41) is 16.9. The van der Waals surface area contributed by atoms with Gasteiger partial charge in [-0.3, -0.25) is 4.90 Å². The summed E-state index contributed by atoms with van der Waals surface area (Å²) in [7, 11) is 0. The van der Waals surface area contributed by atoms with Gasteiger partial charge in [-0.1, -0.05) is 31.3 Å². The lowest BCUT2D eigenvalue weighted by atomic mass is 9.90. The van der Waals surface area contributed by atoms with Crippen LogP contribution >= 0.6 is 22.7 Å². The molecule has 3 aromatic rings. The molecule has 0 radical (unpaired) electrons. The molecule has 7 heteroatoms. The van der Waals surface area contributed by atoms with Gasteiger partial charge in [-0.2, -0.15) is 9.61 Å². The zero-order valence-electron chi connectivity index (χ0n) is 13.2. The molecule has 0 amide bonds. The Balaban J connectivity index is 1.79. The van der Waals surface area contributed by atoms with Crippen LogP contribution in [0.4, 0.5) is 0 Å². The maximum atomic E-state index is 10.7. The van der Waals surface area contributed by atoms with Crippen LogP contribution in [0.2, 0.25) is 0 Å². The largest absolute Gasteiger partial charge is 0.492 e. The van der Waals surface area contributed by atoms with E-state index in [1.807, 2.05) is 0 Å². The average molecular weight is 348 g/mol. The summed E-state index contributed by atoms with van der Waals surface area (Å²) in [4.78, 5) is 9.71. The first-order valence-electron chi connectivity index (χ1n) is 7.92. The fourth-order valence-electron chi connectivity index (χ4n) is 3.72. The molecule has 1 N–H and O–H groups in total. The summed E-state index contributed by atoms with van der Waals surface area (Å²) in [6.45, 7) is 6.74. The van der Waals surface area contributed by atoms with Gasteiger partial charge in [-0.05, 0) is 29.7 Å². The second-order valence-corrected chi connectivity index (χ2v) is 8.55. The van der Waals surface area contributed by atoms with Crippen molar-refractivity contribution in [3.63, 3.8) is 0 Å². The second kappa shape index (κ2) is 5.89. The van der Waals surface area contributed by atoms with Crippen LogP contribution < -0.4 is 0 Å². The number of nitrogens with zero attached hydrogens (tertiary/aromatic N) is 4. The molecular weight excluding hydrogens is 328 g/mol. The molecule has 1 fully saturated rings. The number of hydrogen-bond donors (Lipinski definition) is 1. The molecule has 1 aliphatic heterocycles. The van der Waals surface area contributed by atoms with Gasteiger partial charge in [-0.25, -0.2) is 4.98 Å². The van der Waals surface area contributed by atoms with Crippen LogP contribution in [0.5, 0.6) is 5.88 Å². The number of likely N-dealkylation sites (tertiary alicyclic amines) is 1. The van der Waals surface area contributed by atoms with Crippen LogP contribution in [0.1, 0.15) is 36.1 Å². The molecule has 23 heavy (non-hydrogen) atoms. The molecule has 1 aliphatic rings. The van der Waals surface area contributed by atoms with Crippen molar-refractivity contribution in [3.05, 3.63) is 33.6 Å². The number of fused-ring (bicyclic) bond motifs is 1. The first kappa shape index (κ1) is 15.1. The van der Waals surface area contributed by atoms with Crippen molar-refractivity contribution in [1.82, 2.24) is 19.5 Å². The second-order valence-electron chi connectivity index (χ2n) is 6.56. The highest BCUT2D eigenvalue weighted by atomic mass is 32.1. The smallest absolute Gasteiger partial charge is 0.230 e. The maximum absolute atomic E-state index is 10.7. The maximum Gasteiger partial charge on any atom is 0.230 e. The van der Waals surface area contributed by atoms with E-state index in [4.69, 9.17) is 0 Å². The van der Waals surface area contributed by atoms with E-state index in [1.54, 1.807) is 11.3 Å². The van der Waals surface area contributed by atoms with Gasteiger partial charge >= 0.3 is 0 Å². The lowest BCUT2D eigenvalue weighted by molar-refractivity contribution is 0.113. The summed E-state index contributed by atoms with van der Waals surface area (Å²) in [5.74, 6) is 1.57. The Labute approximate surface area is 143 Å². The van der Waals surface area contributed by atoms with Crippen LogP contribution in [0.25, 0.3) is 4.96 Å². The van der Waals surface area contributed by atoms with Crippen molar-refractivity contribution in [1.29, 1.82) is 0 Å². The Morgan fingerprint density at radius 3 is 2.74 bits per heavy atom. The third-order valence-electron chi connectivity index (χ3n) is 4.46. The lowest BCUT2D eigenvalue weighted by Crippen LogP contribution is -2.41. The standard InChI is InChI=1S/C16H20N4OS2/c1-10-6-11(2)8-19(7-10)13(12-4-3-5-22-12)14-15(21)20-16(23-14)17-9-18-20/h3-5,9-11,13,21H,6-8H2,1-2H3/t10-,11-,13-/m0/s1. The minimum Gasteiger partial charge on any atom is -0.492 e. The zero-order valence-corrected chi connectivity index (χ0v) is 14.8. The minimum atomic E-state index is 0.0914. The van der Waals surface area contributed by atoms with Gasteiger partial charge in [0.2, 0.25) is 10.8 Å². The molecule has 4 rings (SSSR count). The molecule has 0 bridgehead atoms.